The van der Waals surface area contributed by atoms with E-state index >= 15 is 0 Å². The second kappa shape index (κ2) is 8.49. The molecule has 21 heavy (non-hydrogen) atoms. The van der Waals surface area contributed by atoms with E-state index in [-0.39, 0.29) is 30.3 Å². The van der Waals surface area contributed by atoms with E-state index in [1.807, 2.05) is 6.92 Å². The van der Waals surface area contributed by atoms with Gasteiger partial charge < -0.3 is 20.1 Å². The zero-order valence-corrected chi connectivity index (χ0v) is 12.6. The number of esters is 1. The van der Waals surface area contributed by atoms with Crippen LogP contribution in [0.3, 0.4) is 0 Å². The Kier molecular flexibility index (Phi) is 6.98. The van der Waals surface area contributed by atoms with E-state index in [0.717, 1.165) is 12.8 Å². The lowest BCUT2D eigenvalue weighted by molar-refractivity contribution is -0.147. The van der Waals surface area contributed by atoms with Crippen molar-refractivity contribution in [3.63, 3.8) is 0 Å². The van der Waals surface area contributed by atoms with E-state index in [1.165, 1.54) is 7.11 Å². The Morgan fingerprint density at radius 3 is 2.71 bits per heavy atom. The number of urea groups is 1. The molecule has 2 atom stereocenters. The highest BCUT2D eigenvalue weighted by Crippen LogP contribution is 2.17. The molecule has 1 aliphatic rings. The number of amides is 2. The molecule has 1 saturated heterocycles. The SMILES string of the molecule is CCC(CNC(=O)N1CCCC(C(=O)OC)C1)CC(=O)O. The van der Waals surface area contributed by atoms with Gasteiger partial charge in [0, 0.05) is 26.1 Å². The molecule has 7 nitrogen and oxygen atoms in total. The fraction of sp³-hybridized carbons (Fsp3) is 0.786. The number of carbonyl (C=O) groups excluding carboxylic acids is 2. The van der Waals surface area contributed by atoms with Gasteiger partial charge in [0.05, 0.1) is 13.0 Å². The van der Waals surface area contributed by atoms with Crippen LogP contribution >= 0.6 is 0 Å². The highest BCUT2D eigenvalue weighted by atomic mass is 16.5. The summed E-state index contributed by atoms with van der Waals surface area (Å²) in [4.78, 5) is 35.9. The van der Waals surface area contributed by atoms with Gasteiger partial charge in [-0.15, -0.1) is 0 Å². The van der Waals surface area contributed by atoms with Crippen molar-refractivity contribution in [2.24, 2.45) is 11.8 Å². The summed E-state index contributed by atoms with van der Waals surface area (Å²) in [6.45, 7) is 3.19. The third-order valence-electron chi connectivity index (χ3n) is 3.83. The van der Waals surface area contributed by atoms with Crippen molar-refractivity contribution >= 4 is 18.0 Å². The quantitative estimate of drug-likeness (QED) is 0.716. The van der Waals surface area contributed by atoms with Crippen LogP contribution in [0.25, 0.3) is 0 Å². The smallest absolute Gasteiger partial charge is 0.317 e. The van der Waals surface area contributed by atoms with Crippen molar-refractivity contribution in [2.45, 2.75) is 32.6 Å². The number of aliphatic carboxylic acids is 1. The highest BCUT2D eigenvalue weighted by Gasteiger charge is 2.29. The zero-order valence-electron chi connectivity index (χ0n) is 12.6. The molecule has 120 valence electrons. The molecule has 2 amide bonds. The number of ether oxygens (including phenoxy) is 1. The normalized spacial score (nSPS) is 19.7. The van der Waals surface area contributed by atoms with Crippen LogP contribution in [0.1, 0.15) is 32.6 Å². The molecule has 2 N–H and O–H groups in total. The summed E-state index contributed by atoms with van der Waals surface area (Å²) >= 11 is 0. The number of carboxylic acids is 1. The molecule has 2 unspecified atom stereocenters. The maximum atomic E-state index is 12.1. The first kappa shape index (κ1) is 17.3. The molecule has 0 aromatic heterocycles. The van der Waals surface area contributed by atoms with E-state index in [1.54, 1.807) is 4.90 Å². The largest absolute Gasteiger partial charge is 0.481 e. The van der Waals surface area contributed by atoms with Crippen LogP contribution in [-0.4, -0.2) is 54.7 Å². The molecule has 1 rings (SSSR count). The Bertz CT molecular complexity index is 386. The van der Waals surface area contributed by atoms with Crippen molar-refractivity contribution in [3.05, 3.63) is 0 Å². The molecule has 1 aliphatic heterocycles. The van der Waals surface area contributed by atoms with Gasteiger partial charge in [-0.25, -0.2) is 4.79 Å². The van der Waals surface area contributed by atoms with E-state index in [4.69, 9.17) is 9.84 Å². The van der Waals surface area contributed by atoms with Crippen LogP contribution in [0.4, 0.5) is 4.79 Å². The average Bonchev–Trinajstić information content (AvgIpc) is 2.49. The molecule has 1 fully saturated rings. The summed E-state index contributed by atoms with van der Waals surface area (Å²) in [5.41, 5.74) is 0. The standard InChI is InChI=1S/C14H24N2O5/c1-3-10(7-12(17)18)8-15-14(20)16-6-4-5-11(9-16)13(19)21-2/h10-11H,3-9H2,1-2H3,(H,15,20)(H,17,18). The van der Waals surface area contributed by atoms with E-state index < -0.39 is 5.97 Å². The summed E-state index contributed by atoms with van der Waals surface area (Å²) in [6.07, 6.45) is 2.23. The minimum Gasteiger partial charge on any atom is -0.481 e. The Hall–Kier alpha value is -1.79. The van der Waals surface area contributed by atoms with Crippen LogP contribution < -0.4 is 5.32 Å². The number of hydrogen-bond acceptors (Lipinski definition) is 4. The molecule has 1 heterocycles. The number of carbonyl (C=O) groups is 3. The minimum absolute atomic E-state index is 0.0432. The Morgan fingerprint density at radius 1 is 1.43 bits per heavy atom. The van der Waals surface area contributed by atoms with Crippen LogP contribution in [-0.2, 0) is 14.3 Å². The third kappa shape index (κ3) is 5.61. The van der Waals surface area contributed by atoms with Crippen LogP contribution in [0.2, 0.25) is 0 Å². The lowest BCUT2D eigenvalue weighted by Gasteiger charge is -2.31. The summed E-state index contributed by atoms with van der Waals surface area (Å²) in [5, 5.41) is 11.5. The third-order valence-corrected chi connectivity index (χ3v) is 3.83. The molecular formula is C14H24N2O5. The molecule has 7 heteroatoms. The second-order valence-electron chi connectivity index (χ2n) is 5.37. The van der Waals surface area contributed by atoms with Gasteiger partial charge in [-0.05, 0) is 18.8 Å². The predicted octanol–water partition coefficient (Wildman–Crippen LogP) is 1.08. The molecule has 0 aromatic rings. The van der Waals surface area contributed by atoms with E-state index in [0.29, 0.717) is 26.1 Å². The molecule has 0 aliphatic carbocycles. The topological polar surface area (TPSA) is 95.9 Å². The Morgan fingerprint density at radius 2 is 2.14 bits per heavy atom. The minimum atomic E-state index is -0.861. The van der Waals surface area contributed by atoms with Crippen LogP contribution in [0, 0.1) is 11.8 Å². The lowest BCUT2D eigenvalue weighted by Crippen LogP contribution is -2.48. The van der Waals surface area contributed by atoms with Gasteiger partial charge in [0.1, 0.15) is 0 Å². The molecule has 0 radical (unpaired) electrons. The van der Waals surface area contributed by atoms with Crippen molar-refractivity contribution in [1.82, 2.24) is 10.2 Å². The number of carboxylic acid groups (broad SMARTS) is 1. The van der Waals surface area contributed by atoms with E-state index in [9.17, 15) is 14.4 Å². The Labute approximate surface area is 124 Å². The second-order valence-corrected chi connectivity index (χ2v) is 5.37. The van der Waals surface area contributed by atoms with Gasteiger partial charge in [0.2, 0.25) is 0 Å². The molecule has 0 bridgehead atoms. The molecular weight excluding hydrogens is 276 g/mol. The van der Waals surface area contributed by atoms with Gasteiger partial charge in [0.25, 0.3) is 0 Å². The Balaban J connectivity index is 2.43. The maximum Gasteiger partial charge on any atom is 0.317 e. The summed E-state index contributed by atoms with van der Waals surface area (Å²) in [6, 6.07) is -0.243. The number of hydrogen-bond donors (Lipinski definition) is 2. The monoisotopic (exact) mass is 300 g/mol. The number of piperidine rings is 1. The number of nitrogens with one attached hydrogen (secondary N) is 1. The number of likely N-dealkylation sites (tertiary alicyclic amines) is 1. The first-order valence-corrected chi connectivity index (χ1v) is 7.30. The maximum absolute atomic E-state index is 12.1. The number of nitrogens with zero attached hydrogens (tertiary/aromatic N) is 1. The summed E-state index contributed by atoms with van der Waals surface area (Å²) in [7, 11) is 1.35. The number of rotatable bonds is 6. The summed E-state index contributed by atoms with van der Waals surface area (Å²) in [5.74, 6) is -1.49. The van der Waals surface area contributed by atoms with Gasteiger partial charge in [-0.2, -0.15) is 0 Å². The zero-order chi connectivity index (χ0) is 15.8. The highest BCUT2D eigenvalue weighted by molar-refractivity contribution is 5.77. The van der Waals surface area contributed by atoms with Gasteiger partial charge in [-0.3, -0.25) is 9.59 Å². The first-order chi connectivity index (χ1) is 9.97. The molecule has 0 aromatic carbocycles. The van der Waals surface area contributed by atoms with Crippen LogP contribution in [0.5, 0.6) is 0 Å². The van der Waals surface area contributed by atoms with Gasteiger partial charge in [0.15, 0.2) is 0 Å². The fourth-order valence-corrected chi connectivity index (χ4v) is 2.47. The van der Waals surface area contributed by atoms with Crippen LogP contribution in [0.15, 0.2) is 0 Å². The van der Waals surface area contributed by atoms with E-state index in [2.05, 4.69) is 5.32 Å². The number of methoxy groups -OCH3 is 1. The fourth-order valence-electron chi connectivity index (χ4n) is 2.47. The first-order valence-electron chi connectivity index (χ1n) is 7.30. The molecule has 0 saturated carbocycles. The predicted molar refractivity (Wildman–Crippen MR) is 75.7 cm³/mol. The molecule has 0 spiro atoms. The lowest BCUT2D eigenvalue weighted by atomic mass is 9.98. The summed E-state index contributed by atoms with van der Waals surface area (Å²) < 4.78 is 4.71. The van der Waals surface area contributed by atoms with Gasteiger partial charge in [-0.1, -0.05) is 13.3 Å². The van der Waals surface area contributed by atoms with Crippen molar-refractivity contribution in [3.8, 4) is 0 Å². The van der Waals surface area contributed by atoms with Crippen molar-refractivity contribution in [2.75, 3.05) is 26.7 Å². The van der Waals surface area contributed by atoms with Crippen molar-refractivity contribution < 1.29 is 24.2 Å². The average molecular weight is 300 g/mol. The van der Waals surface area contributed by atoms with Crippen molar-refractivity contribution in [1.29, 1.82) is 0 Å². The van der Waals surface area contributed by atoms with Gasteiger partial charge >= 0.3 is 18.0 Å².